The summed E-state index contributed by atoms with van der Waals surface area (Å²) in [5.74, 6) is -0.637. The van der Waals surface area contributed by atoms with Gasteiger partial charge >= 0.3 is 0 Å². The molecule has 1 aliphatic heterocycles. The summed E-state index contributed by atoms with van der Waals surface area (Å²) in [6.45, 7) is 9.07. The van der Waals surface area contributed by atoms with Gasteiger partial charge in [-0.15, -0.1) is 0 Å². The summed E-state index contributed by atoms with van der Waals surface area (Å²) >= 11 is 0. The largest absolute Gasteiger partial charge is 0.354 e. The Morgan fingerprint density at radius 1 is 1.16 bits per heavy atom. The van der Waals surface area contributed by atoms with Crippen LogP contribution in [0.25, 0.3) is 10.9 Å². The van der Waals surface area contributed by atoms with Crippen LogP contribution < -0.4 is 10.2 Å². The van der Waals surface area contributed by atoms with Crippen LogP contribution in [0.5, 0.6) is 0 Å². The Bertz CT molecular complexity index is 1190. The lowest BCUT2D eigenvalue weighted by molar-refractivity contribution is -0.384. The zero-order chi connectivity index (χ0) is 22.8. The number of aryl methyl sites for hydroxylation is 1. The van der Waals surface area contributed by atoms with Gasteiger partial charge in [-0.25, -0.2) is 9.37 Å². The molecule has 1 amide bonds. The van der Waals surface area contributed by atoms with E-state index in [4.69, 9.17) is 4.98 Å². The molecule has 0 spiro atoms. The summed E-state index contributed by atoms with van der Waals surface area (Å²) in [5.41, 5.74) is 1.55. The molecule has 9 heteroatoms. The fraction of sp³-hybridized carbons (Fsp3) is 0.304. The van der Waals surface area contributed by atoms with Gasteiger partial charge < -0.3 is 15.1 Å². The number of aromatic nitrogens is 1. The Morgan fingerprint density at radius 3 is 2.59 bits per heavy atom. The normalized spacial score (nSPS) is 14.5. The molecule has 1 N–H and O–H groups in total. The van der Waals surface area contributed by atoms with E-state index < -0.39 is 16.6 Å². The zero-order valence-electron chi connectivity index (χ0n) is 18.0. The lowest BCUT2D eigenvalue weighted by atomic mass is 10.1. The molecule has 0 bridgehead atoms. The lowest BCUT2D eigenvalue weighted by Gasteiger charge is -2.35. The number of nitrogens with one attached hydrogen (secondary N) is 1. The number of likely N-dealkylation sites (N-methyl/N-ethyl adjacent to an activating group) is 1. The molecule has 8 nitrogen and oxygen atoms in total. The number of nitro groups is 1. The molecule has 1 aliphatic rings. The van der Waals surface area contributed by atoms with Gasteiger partial charge in [-0.05, 0) is 49.4 Å². The van der Waals surface area contributed by atoms with Crippen LogP contribution in [-0.4, -0.2) is 53.4 Å². The topological polar surface area (TPSA) is 91.6 Å². The van der Waals surface area contributed by atoms with E-state index in [0.717, 1.165) is 73.2 Å². The number of non-ortho nitro benzene ring substituents is 1. The summed E-state index contributed by atoms with van der Waals surface area (Å²) < 4.78 is 14.1. The van der Waals surface area contributed by atoms with Crippen LogP contribution in [0.2, 0.25) is 0 Å². The van der Waals surface area contributed by atoms with E-state index >= 15 is 0 Å². The first-order valence-corrected chi connectivity index (χ1v) is 10.5. The number of halogens is 1. The number of anilines is 2. The third kappa shape index (κ3) is 4.38. The first-order chi connectivity index (χ1) is 15.4. The number of nitrogens with zero attached hydrogens (tertiary/aromatic N) is 4. The molecule has 1 saturated heterocycles. The second-order valence-corrected chi connectivity index (χ2v) is 7.83. The molecule has 0 saturated carbocycles. The average molecular weight is 437 g/mol. The maximum absolute atomic E-state index is 14.1. The van der Waals surface area contributed by atoms with Gasteiger partial charge in [-0.1, -0.05) is 6.92 Å². The number of hydrogen-bond donors (Lipinski definition) is 1. The van der Waals surface area contributed by atoms with Crippen molar-refractivity contribution in [2.75, 3.05) is 42.9 Å². The van der Waals surface area contributed by atoms with Crippen molar-refractivity contribution in [3.63, 3.8) is 0 Å². The van der Waals surface area contributed by atoms with E-state index in [9.17, 15) is 19.3 Å². The second kappa shape index (κ2) is 8.88. The molecule has 4 rings (SSSR count). The molecule has 32 heavy (non-hydrogen) atoms. The van der Waals surface area contributed by atoms with Crippen molar-refractivity contribution in [1.82, 2.24) is 9.88 Å². The summed E-state index contributed by atoms with van der Waals surface area (Å²) in [5, 5.41) is 14.4. The molecular weight excluding hydrogens is 413 g/mol. The summed E-state index contributed by atoms with van der Waals surface area (Å²) in [6, 6.07) is 10.2. The number of pyridine rings is 1. The molecule has 0 radical (unpaired) electrons. The van der Waals surface area contributed by atoms with Gasteiger partial charge in [0.2, 0.25) is 0 Å². The molecule has 1 aromatic heterocycles. The molecule has 0 aliphatic carbocycles. The maximum Gasteiger partial charge on any atom is 0.270 e. The summed E-state index contributed by atoms with van der Waals surface area (Å²) in [4.78, 5) is 32.3. The van der Waals surface area contributed by atoms with Crippen LogP contribution in [0.3, 0.4) is 0 Å². The number of hydrogen-bond acceptors (Lipinski definition) is 6. The van der Waals surface area contributed by atoms with Crippen molar-refractivity contribution in [2.24, 2.45) is 0 Å². The van der Waals surface area contributed by atoms with Crippen LogP contribution in [-0.2, 0) is 0 Å². The minimum Gasteiger partial charge on any atom is -0.354 e. The number of piperazine rings is 1. The molecule has 0 atom stereocenters. The first-order valence-electron chi connectivity index (χ1n) is 10.5. The summed E-state index contributed by atoms with van der Waals surface area (Å²) in [7, 11) is 0. The van der Waals surface area contributed by atoms with Crippen molar-refractivity contribution in [1.29, 1.82) is 0 Å². The van der Waals surface area contributed by atoms with Crippen molar-refractivity contribution in [2.45, 2.75) is 13.8 Å². The highest BCUT2D eigenvalue weighted by molar-refractivity contribution is 6.05. The molecule has 0 unspecified atom stereocenters. The highest BCUT2D eigenvalue weighted by Crippen LogP contribution is 2.27. The fourth-order valence-corrected chi connectivity index (χ4v) is 3.91. The first kappa shape index (κ1) is 21.6. The van der Waals surface area contributed by atoms with Gasteiger partial charge in [0.25, 0.3) is 11.6 Å². The highest BCUT2D eigenvalue weighted by atomic mass is 19.1. The standard InChI is InChI=1S/C23H24FN5O3/c1-3-27-8-10-28(11-9-27)22-12-15(2)18-13-16(4-7-21(18)26-22)25-23(30)19-14-17(29(31)32)5-6-20(19)24/h4-7,12-14H,3,8-11H2,1-2H3,(H,25,30). The van der Waals surface area contributed by atoms with Crippen molar-refractivity contribution in [3.8, 4) is 0 Å². The monoisotopic (exact) mass is 437 g/mol. The van der Waals surface area contributed by atoms with Crippen molar-refractivity contribution in [3.05, 3.63) is 69.5 Å². The van der Waals surface area contributed by atoms with E-state index in [1.54, 1.807) is 12.1 Å². The molecule has 166 valence electrons. The number of benzene rings is 2. The zero-order valence-corrected chi connectivity index (χ0v) is 18.0. The molecule has 1 fully saturated rings. The predicted octanol–water partition coefficient (Wildman–Crippen LogP) is 3.98. The van der Waals surface area contributed by atoms with Gasteiger partial charge in [0.1, 0.15) is 11.6 Å². The smallest absolute Gasteiger partial charge is 0.270 e. The SMILES string of the molecule is CCN1CCN(c2cc(C)c3cc(NC(=O)c4cc([N+](=O)[O-])ccc4F)ccc3n2)CC1. The predicted molar refractivity (Wildman–Crippen MR) is 122 cm³/mol. The van der Waals surface area contributed by atoms with Gasteiger partial charge in [0, 0.05) is 49.4 Å². The third-order valence-corrected chi connectivity index (χ3v) is 5.81. The third-order valence-electron chi connectivity index (χ3n) is 5.81. The van der Waals surface area contributed by atoms with Crippen LogP contribution in [0, 0.1) is 22.9 Å². The molecule has 2 heterocycles. The molecular formula is C23H24FN5O3. The minimum atomic E-state index is -0.820. The average Bonchev–Trinajstić information content (AvgIpc) is 2.79. The molecule has 3 aromatic rings. The Morgan fingerprint density at radius 2 is 1.91 bits per heavy atom. The van der Waals surface area contributed by atoms with Crippen LogP contribution in [0.15, 0.2) is 42.5 Å². The molecule has 2 aromatic carbocycles. The van der Waals surface area contributed by atoms with E-state index in [2.05, 4.69) is 22.0 Å². The second-order valence-electron chi connectivity index (χ2n) is 7.83. The maximum atomic E-state index is 14.1. The lowest BCUT2D eigenvalue weighted by Crippen LogP contribution is -2.46. The number of rotatable bonds is 5. The van der Waals surface area contributed by atoms with Crippen LogP contribution in [0.1, 0.15) is 22.8 Å². The van der Waals surface area contributed by atoms with Crippen LogP contribution in [0.4, 0.5) is 21.6 Å². The Kier molecular flexibility index (Phi) is 6.00. The number of amides is 1. The fourth-order valence-electron chi connectivity index (χ4n) is 3.91. The highest BCUT2D eigenvalue weighted by Gasteiger charge is 2.19. The Labute approximate surface area is 184 Å². The minimum absolute atomic E-state index is 0.345. The quantitative estimate of drug-likeness (QED) is 0.480. The number of fused-ring (bicyclic) bond motifs is 1. The van der Waals surface area contributed by atoms with Gasteiger partial charge in [-0.3, -0.25) is 14.9 Å². The van der Waals surface area contributed by atoms with E-state index in [0.29, 0.717) is 5.69 Å². The van der Waals surface area contributed by atoms with Gasteiger partial charge in [0.15, 0.2) is 0 Å². The number of nitro benzene ring substituents is 1. The number of carbonyl (C=O) groups is 1. The van der Waals surface area contributed by atoms with Crippen molar-refractivity contribution < 1.29 is 14.1 Å². The van der Waals surface area contributed by atoms with E-state index in [1.807, 2.05) is 19.1 Å². The number of carbonyl (C=O) groups excluding carboxylic acids is 1. The summed E-state index contributed by atoms with van der Waals surface area (Å²) in [6.07, 6.45) is 0. The van der Waals surface area contributed by atoms with E-state index in [-0.39, 0.29) is 11.3 Å². The van der Waals surface area contributed by atoms with Crippen molar-refractivity contribution >= 4 is 34.0 Å². The van der Waals surface area contributed by atoms with E-state index in [1.165, 1.54) is 0 Å². The Hall–Kier alpha value is -3.59. The van der Waals surface area contributed by atoms with Crippen LogP contribution >= 0.6 is 0 Å². The Balaban J connectivity index is 1.57. The van der Waals surface area contributed by atoms with Gasteiger partial charge in [0.05, 0.1) is 16.0 Å². The van der Waals surface area contributed by atoms with Gasteiger partial charge in [-0.2, -0.15) is 0 Å².